The number of pyridine rings is 1. The zero-order valence-electron chi connectivity index (χ0n) is 24.0. The Bertz CT molecular complexity index is 1840. The lowest BCUT2D eigenvalue weighted by Crippen LogP contribution is -2.53. The molecule has 2 heterocycles. The fraction of sp³-hybridized carbons (Fsp3) is 0.250. The largest absolute Gasteiger partial charge is 0.467 e. The number of amides is 1. The van der Waals surface area contributed by atoms with E-state index in [4.69, 9.17) is 21.1 Å². The number of alkyl halides is 3. The van der Waals surface area contributed by atoms with Crippen molar-refractivity contribution in [3.63, 3.8) is 0 Å². The summed E-state index contributed by atoms with van der Waals surface area (Å²) >= 11 is 6.44. The van der Waals surface area contributed by atoms with Gasteiger partial charge in [-0.15, -0.1) is 0 Å². The summed E-state index contributed by atoms with van der Waals surface area (Å²) in [4.78, 5) is 31.1. The van der Waals surface area contributed by atoms with E-state index >= 15 is 8.78 Å². The minimum atomic E-state index is -4.73. The third-order valence-electron chi connectivity index (χ3n) is 7.56. The summed E-state index contributed by atoms with van der Waals surface area (Å²) in [5, 5.41) is 12.4. The maximum Gasteiger partial charge on any atom is 0.411 e. The van der Waals surface area contributed by atoms with Crippen LogP contribution in [-0.4, -0.2) is 62.0 Å². The van der Waals surface area contributed by atoms with Gasteiger partial charge in [-0.25, -0.2) is 13.6 Å². The monoisotopic (exact) mass is 658 g/mol. The molecule has 0 saturated carbocycles. The van der Waals surface area contributed by atoms with Crippen LogP contribution in [0.5, 0.6) is 0 Å². The third-order valence-corrected chi connectivity index (χ3v) is 7.87. The molecule has 0 unspecified atom stereocenters. The number of carbonyl (C=O) groups excluding carboxylic acids is 2. The van der Waals surface area contributed by atoms with Gasteiger partial charge in [0.15, 0.2) is 0 Å². The van der Waals surface area contributed by atoms with Gasteiger partial charge in [0.2, 0.25) is 0 Å². The summed E-state index contributed by atoms with van der Waals surface area (Å²) in [5.41, 5.74) is 1.12. The lowest BCUT2D eigenvalue weighted by atomic mass is 9.94. The number of halogens is 6. The molecule has 1 aromatic heterocycles. The summed E-state index contributed by atoms with van der Waals surface area (Å²) in [6, 6.07) is 11.3. The Hall–Kier alpha value is -4.80. The molecule has 238 valence electrons. The number of nitriles is 1. The Morgan fingerprint density at radius 1 is 1.15 bits per heavy atom. The third kappa shape index (κ3) is 6.59. The van der Waals surface area contributed by atoms with Gasteiger partial charge in [0.05, 0.1) is 37.5 Å². The molecule has 8 nitrogen and oxygen atoms in total. The Labute approximate surface area is 264 Å². The number of hydrogen-bond donors (Lipinski definition) is 1. The van der Waals surface area contributed by atoms with E-state index in [1.807, 2.05) is 6.07 Å². The molecule has 1 fully saturated rings. The van der Waals surface area contributed by atoms with Crippen LogP contribution in [0, 0.1) is 23.0 Å². The van der Waals surface area contributed by atoms with E-state index in [1.54, 1.807) is 42.6 Å². The molecule has 0 radical (unpaired) electrons. The first-order valence-corrected chi connectivity index (χ1v) is 14.2. The molecule has 1 aliphatic rings. The highest BCUT2D eigenvalue weighted by Gasteiger charge is 2.46. The number of esters is 1. The number of nitrogens with one attached hydrogen (secondary N) is 1. The average Bonchev–Trinajstić information content (AvgIpc) is 3.03. The predicted octanol–water partition coefficient (Wildman–Crippen LogP) is 5.99. The summed E-state index contributed by atoms with van der Waals surface area (Å²) in [7, 11) is 1.08. The molecular weight excluding hydrogens is 635 g/mol. The maximum atomic E-state index is 15.2. The lowest BCUT2D eigenvalue weighted by Gasteiger charge is -2.38. The van der Waals surface area contributed by atoms with E-state index in [9.17, 15) is 28.0 Å². The summed E-state index contributed by atoms with van der Waals surface area (Å²) in [6.45, 7) is -1.09. The minimum absolute atomic E-state index is 0.0927. The van der Waals surface area contributed by atoms with E-state index in [-0.39, 0.29) is 19.6 Å². The maximum absolute atomic E-state index is 15.2. The van der Waals surface area contributed by atoms with Crippen molar-refractivity contribution in [2.45, 2.75) is 24.7 Å². The van der Waals surface area contributed by atoms with E-state index in [0.717, 1.165) is 12.0 Å². The Kier molecular flexibility index (Phi) is 9.41. The zero-order chi connectivity index (χ0) is 33.2. The van der Waals surface area contributed by atoms with Gasteiger partial charge in [0.25, 0.3) is 5.91 Å². The molecule has 1 aliphatic heterocycles. The van der Waals surface area contributed by atoms with Crippen molar-refractivity contribution in [1.29, 1.82) is 5.26 Å². The topological polar surface area (TPSA) is 105 Å². The van der Waals surface area contributed by atoms with Crippen molar-refractivity contribution in [2.75, 3.05) is 31.8 Å². The number of aromatic nitrogens is 1. The second-order valence-electron chi connectivity index (χ2n) is 10.3. The second-order valence-corrected chi connectivity index (χ2v) is 10.7. The van der Waals surface area contributed by atoms with Crippen molar-refractivity contribution >= 4 is 40.1 Å². The number of rotatable bonds is 7. The van der Waals surface area contributed by atoms with Gasteiger partial charge in [-0.05, 0) is 35.9 Å². The summed E-state index contributed by atoms with van der Waals surface area (Å²) in [6.07, 6.45) is -3.36. The van der Waals surface area contributed by atoms with Gasteiger partial charge in [0.1, 0.15) is 29.3 Å². The molecule has 1 N–H and O–H groups in total. The highest BCUT2D eigenvalue weighted by molar-refractivity contribution is 6.33. The van der Waals surface area contributed by atoms with E-state index in [1.165, 1.54) is 6.07 Å². The van der Waals surface area contributed by atoms with Gasteiger partial charge < -0.3 is 19.7 Å². The van der Waals surface area contributed by atoms with Crippen LogP contribution in [0.3, 0.4) is 0 Å². The quantitative estimate of drug-likeness (QED) is 0.192. The van der Waals surface area contributed by atoms with Crippen LogP contribution in [0.4, 0.5) is 27.6 Å². The average molecular weight is 659 g/mol. The lowest BCUT2D eigenvalue weighted by molar-refractivity contribution is -0.167. The molecule has 46 heavy (non-hydrogen) atoms. The molecule has 14 heteroatoms. The number of benzene rings is 3. The molecule has 0 spiro atoms. The highest BCUT2D eigenvalue weighted by atomic mass is 35.5. The number of hydrogen-bond acceptors (Lipinski definition) is 7. The normalized spacial score (nSPS) is 15.7. The molecule has 4 aromatic rings. The number of nitrogens with zero attached hydrogens (tertiary/aromatic N) is 3. The van der Waals surface area contributed by atoms with Crippen molar-refractivity contribution in [3.8, 4) is 17.2 Å². The fourth-order valence-corrected chi connectivity index (χ4v) is 5.62. The van der Waals surface area contributed by atoms with E-state index in [2.05, 4.69) is 10.3 Å². The van der Waals surface area contributed by atoms with E-state index in [0.29, 0.717) is 50.3 Å². The zero-order valence-corrected chi connectivity index (χ0v) is 24.8. The van der Waals surface area contributed by atoms with Crippen LogP contribution in [-0.2, 0) is 20.7 Å². The van der Waals surface area contributed by atoms with Crippen LogP contribution < -0.4 is 10.2 Å². The van der Waals surface area contributed by atoms with Crippen molar-refractivity contribution < 1.29 is 41.0 Å². The van der Waals surface area contributed by atoms with Crippen molar-refractivity contribution in [3.05, 3.63) is 94.1 Å². The number of anilines is 1. The molecule has 5 rings (SSSR count). The van der Waals surface area contributed by atoms with Crippen LogP contribution in [0.2, 0.25) is 5.02 Å². The Balaban J connectivity index is 1.44. The van der Waals surface area contributed by atoms with Crippen LogP contribution in [0.25, 0.3) is 22.0 Å². The van der Waals surface area contributed by atoms with Crippen LogP contribution in [0.1, 0.15) is 21.5 Å². The Morgan fingerprint density at radius 2 is 1.87 bits per heavy atom. The molecule has 3 aromatic carbocycles. The van der Waals surface area contributed by atoms with Gasteiger partial charge in [-0.3, -0.25) is 9.78 Å². The fourth-order valence-electron chi connectivity index (χ4n) is 5.34. The Morgan fingerprint density at radius 3 is 2.52 bits per heavy atom. The first kappa shape index (κ1) is 32.6. The number of carbonyl (C=O) groups is 2. The van der Waals surface area contributed by atoms with Gasteiger partial charge in [-0.2, -0.15) is 18.4 Å². The standard InChI is InChI=1S/C32H24ClF5N4O4/c1-45-31(44)26(12-18-5-7-22(29-20(18)3-2-8-40-29)21-6-4-17(15-39)11-23(21)33)41-30(43)28-24(34)13-19(14-25(28)35)42-9-10-46-16-27(42)32(36,37)38/h2-8,11,13-14,26-27H,9-10,12,16H2,1H3,(H,41,43)/t26-,27-/m0/s1. The molecular formula is C32H24ClF5N4O4. The predicted molar refractivity (Wildman–Crippen MR) is 158 cm³/mol. The number of methoxy groups -OCH3 is 1. The summed E-state index contributed by atoms with van der Waals surface area (Å²) < 4.78 is 80.7. The molecule has 1 amide bonds. The molecule has 1 saturated heterocycles. The van der Waals surface area contributed by atoms with Crippen LogP contribution >= 0.6 is 11.6 Å². The highest BCUT2D eigenvalue weighted by Crippen LogP contribution is 2.35. The molecule has 0 aliphatic carbocycles. The van der Waals surface area contributed by atoms with Gasteiger partial charge in [0, 0.05) is 46.4 Å². The first-order valence-electron chi connectivity index (χ1n) is 13.8. The van der Waals surface area contributed by atoms with Crippen molar-refractivity contribution in [1.82, 2.24) is 10.3 Å². The number of ether oxygens (including phenoxy) is 2. The number of fused-ring (bicyclic) bond motifs is 1. The summed E-state index contributed by atoms with van der Waals surface area (Å²) in [5.74, 6) is -5.05. The number of morpholine rings is 1. The molecule has 2 atom stereocenters. The smallest absolute Gasteiger partial charge is 0.411 e. The SMILES string of the molecule is COC(=O)[C@H](Cc1ccc(-c2ccc(C#N)cc2Cl)c2ncccc12)NC(=O)c1c(F)cc(N2CCOC[C@H]2C(F)(F)F)cc1F. The first-order chi connectivity index (χ1) is 21.9. The minimum Gasteiger partial charge on any atom is -0.467 e. The second kappa shape index (κ2) is 13.3. The van der Waals surface area contributed by atoms with Gasteiger partial charge in [-0.1, -0.05) is 35.9 Å². The molecule has 0 bridgehead atoms. The van der Waals surface area contributed by atoms with Crippen LogP contribution in [0.15, 0.2) is 60.8 Å². The van der Waals surface area contributed by atoms with Gasteiger partial charge >= 0.3 is 12.1 Å². The van der Waals surface area contributed by atoms with E-state index < -0.39 is 59.6 Å². The van der Waals surface area contributed by atoms with Crippen molar-refractivity contribution in [2.24, 2.45) is 0 Å².